The summed E-state index contributed by atoms with van der Waals surface area (Å²) in [5.41, 5.74) is 0. The molecule has 2 aromatic heterocycles. The minimum Gasteiger partial charge on any atom is -0.383 e. The standard InChI is InChI=1S/C16H20ClN3O2S/c1-22-10-9-19-8-5-18-15(19)12-2-6-20(7-3-12)16(21)14-13(17)4-11-23-14/h4-5,8,11-12H,2-3,6-7,9-10H2,1H3. The Morgan fingerprint density at radius 3 is 2.91 bits per heavy atom. The Labute approximate surface area is 144 Å². The van der Waals surface area contributed by atoms with E-state index in [0.717, 1.165) is 38.3 Å². The molecule has 1 amide bonds. The van der Waals surface area contributed by atoms with Crippen LogP contribution in [-0.2, 0) is 11.3 Å². The van der Waals surface area contributed by atoms with Gasteiger partial charge < -0.3 is 14.2 Å². The quantitative estimate of drug-likeness (QED) is 0.828. The molecule has 5 nitrogen and oxygen atoms in total. The highest BCUT2D eigenvalue weighted by molar-refractivity contribution is 7.12. The number of piperidine rings is 1. The van der Waals surface area contributed by atoms with Crippen LogP contribution in [0.4, 0.5) is 0 Å². The zero-order valence-electron chi connectivity index (χ0n) is 13.1. The lowest BCUT2D eigenvalue weighted by Gasteiger charge is -2.31. The van der Waals surface area contributed by atoms with Crippen molar-refractivity contribution >= 4 is 28.8 Å². The Morgan fingerprint density at radius 1 is 1.48 bits per heavy atom. The second-order valence-corrected chi connectivity index (χ2v) is 6.96. The Bertz CT molecular complexity index is 662. The van der Waals surface area contributed by atoms with Crippen molar-refractivity contribution in [1.29, 1.82) is 0 Å². The van der Waals surface area contributed by atoms with Gasteiger partial charge in [-0.05, 0) is 24.3 Å². The van der Waals surface area contributed by atoms with Gasteiger partial charge in [0.25, 0.3) is 5.91 Å². The molecule has 1 fully saturated rings. The number of rotatable bonds is 5. The lowest BCUT2D eigenvalue weighted by molar-refractivity contribution is 0.0715. The molecule has 0 saturated carbocycles. The van der Waals surface area contributed by atoms with Crippen molar-refractivity contribution in [2.45, 2.75) is 25.3 Å². The molecule has 0 unspecified atom stereocenters. The predicted octanol–water partition coefficient (Wildman–Crippen LogP) is 3.26. The number of nitrogens with zero attached hydrogens (tertiary/aromatic N) is 3. The van der Waals surface area contributed by atoms with E-state index in [-0.39, 0.29) is 5.91 Å². The molecule has 3 heterocycles. The smallest absolute Gasteiger partial charge is 0.265 e. The van der Waals surface area contributed by atoms with Crippen LogP contribution in [0, 0.1) is 0 Å². The summed E-state index contributed by atoms with van der Waals surface area (Å²) in [5.74, 6) is 1.54. The summed E-state index contributed by atoms with van der Waals surface area (Å²) in [6.07, 6.45) is 5.70. The van der Waals surface area contributed by atoms with Gasteiger partial charge in [0.2, 0.25) is 0 Å². The van der Waals surface area contributed by atoms with Crippen molar-refractivity contribution in [2.75, 3.05) is 26.8 Å². The van der Waals surface area contributed by atoms with E-state index in [1.807, 2.05) is 22.7 Å². The van der Waals surface area contributed by atoms with Crippen LogP contribution in [0.25, 0.3) is 0 Å². The zero-order chi connectivity index (χ0) is 16.2. The first-order valence-corrected chi connectivity index (χ1v) is 8.98. The van der Waals surface area contributed by atoms with E-state index in [4.69, 9.17) is 16.3 Å². The van der Waals surface area contributed by atoms with E-state index < -0.39 is 0 Å². The Hall–Kier alpha value is -1.37. The number of amides is 1. The SMILES string of the molecule is COCCn1ccnc1C1CCN(C(=O)c2sccc2Cl)CC1. The van der Waals surface area contributed by atoms with Gasteiger partial charge in [-0.3, -0.25) is 4.79 Å². The molecule has 1 saturated heterocycles. The van der Waals surface area contributed by atoms with Crippen molar-refractivity contribution in [1.82, 2.24) is 14.5 Å². The highest BCUT2D eigenvalue weighted by atomic mass is 35.5. The van der Waals surface area contributed by atoms with Crippen LogP contribution in [0.15, 0.2) is 23.8 Å². The zero-order valence-corrected chi connectivity index (χ0v) is 14.6. The van der Waals surface area contributed by atoms with Gasteiger partial charge in [-0.1, -0.05) is 11.6 Å². The number of halogens is 1. The van der Waals surface area contributed by atoms with Crippen LogP contribution in [0.2, 0.25) is 5.02 Å². The fourth-order valence-corrected chi connectivity index (χ4v) is 4.09. The van der Waals surface area contributed by atoms with E-state index in [9.17, 15) is 4.79 Å². The van der Waals surface area contributed by atoms with Crippen molar-refractivity contribution in [3.63, 3.8) is 0 Å². The van der Waals surface area contributed by atoms with E-state index in [1.165, 1.54) is 11.3 Å². The molecule has 0 bridgehead atoms. The molecule has 23 heavy (non-hydrogen) atoms. The molecule has 0 radical (unpaired) electrons. The molecular formula is C16H20ClN3O2S. The number of hydrogen-bond acceptors (Lipinski definition) is 4. The number of carbonyl (C=O) groups excluding carboxylic acids is 1. The fourth-order valence-electron chi connectivity index (χ4n) is 2.99. The number of methoxy groups -OCH3 is 1. The van der Waals surface area contributed by atoms with Gasteiger partial charge in [0.15, 0.2) is 0 Å². The fraction of sp³-hybridized carbons (Fsp3) is 0.500. The van der Waals surface area contributed by atoms with Gasteiger partial charge >= 0.3 is 0 Å². The molecule has 0 atom stereocenters. The molecule has 0 N–H and O–H groups in total. The summed E-state index contributed by atoms with van der Waals surface area (Å²) in [5, 5.41) is 2.41. The first-order valence-electron chi connectivity index (χ1n) is 7.73. The van der Waals surface area contributed by atoms with E-state index in [2.05, 4.69) is 9.55 Å². The summed E-state index contributed by atoms with van der Waals surface area (Å²) < 4.78 is 7.30. The number of aromatic nitrogens is 2. The van der Waals surface area contributed by atoms with Crippen LogP contribution >= 0.6 is 22.9 Å². The van der Waals surface area contributed by atoms with Gasteiger partial charge in [-0.2, -0.15) is 0 Å². The minimum absolute atomic E-state index is 0.0474. The van der Waals surface area contributed by atoms with Crippen molar-refractivity contribution in [3.8, 4) is 0 Å². The molecule has 0 aromatic carbocycles. The summed E-state index contributed by atoms with van der Waals surface area (Å²) in [6, 6.07) is 1.78. The Balaban J connectivity index is 1.61. The molecule has 3 rings (SSSR count). The number of hydrogen-bond donors (Lipinski definition) is 0. The maximum absolute atomic E-state index is 12.5. The molecule has 2 aromatic rings. The Kier molecular flexibility index (Phi) is 5.35. The van der Waals surface area contributed by atoms with Gasteiger partial charge in [0, 0.05) is 45.1 Å². The third-order valence-corrected chi connectivity index (χ3v) is 5.57. The first kappa shape index (κ1) is 16.5. The van der Waals surface area contributed by atoms with Crippen LogP contribution in [0.5, 0.6) is 0 Å². The van der Waals surface area contributed by atoms with Crippen LogP contribution in [0.1, 0.15) is 34.3 Å². The topological polar surface area (TPSA) is 47.4 Å². The maximum atomic E-state index is 12.5. The van der Waals surface area contributed by atoms with Crippen molar-refractivity contribution in [2.24, 2.45) is 0 Å². The van der Waals surface area contributed by atoms with E-state index in [0.29, 0.717) is 22.4 Å². The molecular weight excluding hydrogens is 334 g/mol. The highest BCUT2D eigenvalue weighted by Gasteiger charge is 2.28. The monoisotopic (exact) mass is 353 g/mol. The third kappa shape index (κ3) is 3.59. The number of likely N-dealkylation sites (tertiary alicyclic amines) is 1. The minimum atomic E-state index is 0.0474. The third-order valence-electron chi connectivity index (χ3n) is 4.24. The van der Waals surface area contributed by atoms with Crippen molar-refractivity contribution in [3.05, 3.63) is 39.6 Å². The lowest BCUT2D eigenvalue weighted by Crippen LogP contribution is -2.38. The largest absolute Gasteiger partial charge is 0.383 e. The molecule has 0 spiro atoms. The van der Waals surface area contributed by atoms with Crippen molar-refractivity contribution < 1.29 is 9.53 Å². The number of carbonyl (C=O) groups is 1. The second-order valence-electron chi connectivity index (χ2n) is 5.64. The number of thiophene rings is 1. The summed E-state index contributed by atoms with van der Waals surface area (Å²) in [6.45, 7) is 2.98. The summed E-state index contributed by atoms with van der Waals surface area (Å²) in [4.78, 5) is 19.6. The molecule has 7 heteroatoms. The average Bonchev–Trinajstić information content (AvgIpc) is 3.21. The number of ether oxygens (including phenoxy) is 1. The molecule has 1 aliphatic rings. The Morgan fingerprint density at radius 2 is 2.26 bits per heavy atom. The van der Waals surface area contributed by atoms with Gasteiger partial charge in [0.1, 0.15) is 10.7 Å². The first-order chi connectivity index (χ1) is 11.2. The second kappa shape index (κ2) is 7.47. The van der Waals surface area contributed by atoms with E-state index >= 15 is 0 Å². The number of imidazole rings is 1. The van der Waals surface area contributed by atoms with Gasteiger partial charge in [-0.25, -0.2) is 4.98 Å². The van der Waals surface area contributed by atoms with E-state index in [1.54, 1.807) is 13.2 Å². The van der Waals surface area contributed by atoms with Gasteiger partial charge in [-0.15, -0.1) is 11.3 Å². The van der Waals surface area contributed by atoms with Crippen LogP contribution in [-0.4, -0.2) is 47.2 Å². The average molecular weight is 354 g/mol. The van der Waals surface area contributed by atoms with Crippen LogP contribution < -0.4 is 0 Å². The van der Waals surface area contributed by atoms with Crippen LogP contribution in [0.3, 0.4) is 0 Å². The van der Waals surface area contributed by atoms with Gasteiger partial charge in [0.05, 0.1) is 11.6 Å². The summed E-state index contributed by atoms with van der Waals surface area (Å²) in [7, 11) is 1.70. The normalized spacial score (nSPS) is 16.0. The summed E-state index contributed by atoms with van der Waals surface area (Å²) >= 11 is 7.48. The molecule has 1 aliphatic heterocycles. The predicted molar refractivity (Wildman–Crippen MR) is 91.3 cm³/mol. The maximum Gasteiger partial charge on any atom is 0.265 e. The highest BCUT2D eigenvalue weighted by Crippen LogP contribution is 2.30. The lowest BCUT2D eigenvalue weighted by atomic mass is 9.95. The molecule has 0 aliphatic carbocycles. The molecule has 124 valence electrons.